The second-order valence-corrected chi connectivity index (χ2v) is 5.55. The van der Waals surface area contributed by atoms with E-state index in [9.17, 15) is 0 Å². The molecule has 0 aliphatic rings. The normalized spacial score (nSPS) is 10.5. The fourth-order valence-corrected chi connectivity index (χ4v) is 2.55. The van der Waals surface area contributed by atoms with Crippen molar-refractivity contribution in [3.8, 4) is 5.75 Å². The molecule has 1 aromatic heterocycles. The number of benzene rings is 1. The largest absolute Gasteiger partial charge is 0.497 e. The van der Waals surface area contributed by atoms with Gasteiger partial charge in [0.2, 0.25) is 0 Å². The van der Waals surface area contributed by atoms with E-state index in [1.807, 2.05) is 30.5 Å². The zero-order valence-electron chi connectivity index (χ0n) is 12.3. The van der Waals surface area contributed by atoms with Crippen LogP contribution in [0, 0.1) is 6.92 Å². The molecule has 0 radical (unpaired) electrons. The Morgan fingerprint density at radius 3 is 2.86 bits per heavy atom. The van der Waals surface area contributed by atoms with Gasteiger partial charge in [0.1, 0.15) is 11.6 Å². The summed E-state index contributed by atoms with van der Waals surface area (Å²) in [6.45, 7) is 3.50. The summed E-state index contributed by atoms with van der Waals surface area (Å²) in [7, 11) is 1.67. The molecule has 112 valence electrons. The molecule has 0 atom stereocenters. The first-order chi connectivity index (χ1) is 10.2. The van der Waals surface area contributed by atoms with Crippen LogP contribution >= 0.6 is 15.9 Å². The maximum Gasteiger partial charge on any atom is 0.147 e. The van der Waals surface area contributed by atoms with E-state index < -0.39 is 0 Å². The highest BCUT2D eigenvalue weighted by atomic mass is 79.9. The lowest BCUT2D eigenvalue weighted by atomic mass is 10.2. The number of aryl methyl sites for hydroxylation is 1. The number of nitrogens with two attached hydrogens (primary N) is 1. The Morgan fingerprint density at radius 1 is 1.33 bits per heavy atom. The van der Waals surface area contributed by atoms with Gasteiger partial charge in [-0.05, 0) is 59.6 Å². The number of ether oxygens (including phenoxy) is 1. The number of methoxy groups -OCH3 is 1. The van der Waals surface area contributed by atoms with E-state index in [-0.39, 0.29) is 0 Å². The molecule has 21 heavy (non-hydrogen) atoms. The molecule has 5 heteroatoms. The Hall–Kier alpha value is -1.59. The molecule has 2 rings (SSSR count). The molecule has 1 heterocycles. The van der Waals surface area contributed by atoms with Crippen LogP contribution in [0.4, 0.5) is 11.5 Å². The number of hydrogen-bond acceptors (Lipinski definition) is 4. The van der Waals surface area contributed by atoms with Crippen LogP contribution in [0.2, 0.25) is 0 Å². The molecule has 0 fully saturated rings. The van der Waals surface area contributed by atoms with Gasteiger partial charge in [0.15, 0.2) is 0 Å². The van der Waals surface area contributed by atoms with Crippen LogP contribution in [-0.4, -0.2) is 25.2 Å². The van der Waals surface area contributed by atoms with Crippen molar-refractivity contribution in [2.45, 2.75) is 13.3 Å². The lowest BCUT2D eigenvalue weighted by molar-refractivity contribution is 0.415. The molecular formula is C16H20BrN3O. The average molecular weight is 350 g/mol. The van der Waals surface area contributed by atoms with Crippen LogP contribution in [0.15, 0.2) is 41.0 Å². The summed E-state index contributed by atoms with van der Waals surface area (Å²) in [6, 6.07) is 9.96. The molecular weight excluding hydrogens is 330 g/mol. The van der Waals surface area contributed by atoms with E-state index in [1.165, 1.54) is 0 Å². The molecule has 0 saturated heterocycles. The number of rotatable bonds is 6. The molecule has 0 unspecified atom stereocenters. The highest BCUT2D eigenvalue weighted by Crippen LogP contribution is 2.33. The van der Waals surface area contributed by atoms with Gasteiger partial charge in [0.05, 0.1) is 11.6 Å². The van der Waals surface area contributed by atoms with E-state index in [4.69, 9.17) is 10.5 Å². The van der Waals surface area contributed by atoms with Crippen molar-refractivity contribution < 1.29 is 4.74 Å². The maximum atomic E-state index is 5.67. The SMILES string of the molecule is COc1cccc(N(CCCN)c2nccc(C)c2Br)c1. The lowest BCUT2D eigenvalue weighted by Crippen LogP contribution is -2.22. The van der Waals surface area contributed by atoms with Crippen molar-refractivity contribution in [2.24, 2.45) is 5.73 Å². The van der Waals surface area contributed by atoms with E-state index in [0.29, 0.717) is 6.54 Å². The maximum absolute atomic E-state index is 5.67. The summed E-state index contributed by atoms with van der Waals surface area (Å²) in [5.74, 6) is 1.73. The number of anilines is 2. The number of nitrogens with zero attached hydrogens (tertiary/aromatic N) is 2. The summed E-state index contributed by atoms with van der Waals surface area (Å²) in [5, 5.41) is 0. The fraction of sp³-hybridized carbons (Fsp3) is 0.312. The second-order valence-electron chi connectivity index (χ2n) is 4.76. The molecule has 0 saturated carbocycles. The molecule has 4 nitrogen and oxygen atoms in total. The molecule has 2 N–H and O–H groups in total. The predicted octanol–water partition coefficient (Wildman–Crippen LogP) is 3.65. The highest BCUT2D eigenvalue weighted by molar-refractivity contribution is 9.10. The topological polar surface area (TPSA) is 51.4 Å². The molecule has 0 aliphatic carbocycles. The molecule has 0 spiro atoms. The Labute approximate surface area is 134 Å². The van der Waals surface area contributed by atoms with Gasteiger partial charge in [-0.25, -0.2) is 4.98 Å². The van der Waals surface area contributed by atoms with Crippen LogP contribution < -0.4 is 15.4 Å². The van der Waals surface area contributed by atoms with Crippen LogP contribution in [0.3, 0.4) is 0 Å². The Morgan fingerprint density at radius 2 is 2.14 bits per heavy atom. The summed E-state index contributed by atoms with van der Waals surface area (Å²) >= 11 is 3.64. The zero-order valence-corrected chi connectivity index (χ0v) is 13.9. The van der Waals surface area contributed by atoms with Crippen molar-refractivity contribution in [1.29, 1.82) is 0 Å². The summed E-state index contributed by atoms with van der Waals surface area (Å²) in [6.07, 6.45) is 2.71. The molecule has 0 bridgehead atoms. The van der Waals surface area contributed by atoms with Crippen molar-refractivity contribution >= 4 is 27.4 Å². The van der Waals surface area contributed by atoms with Gasteiger partial charge in [-0.3, -0.25) is 0 Å². The first-order valence-corrected chi connectivity index (χ1v) is 7.69. The quantitative estimate of drug-likeness (QED) is 0.864. The predicted molar refractivity (Wildman–Crippen MR) is 90.3 cm³/mol. The Balaban J connectivity index is 2.44. The van der Waals surface area contributed by atoms with Gasteiger partial charge in [0.25, 0.3) is 0 Å². The van der Waals surface area contributed by atoms with Crippen LogP contribution in [0.1, 0.15) is 12.0 Å². The van der Waals surface area contributed by atoms with Gasteiger partial charge in [-0.2, -0.15) is 0 Å². The van der Waals surface area contributed by atoms with Crippen LogP contribution in [-0.2, 0) is 0 Å². The minimum Gasteiger partial charge on any atom is -0.497 e. The van der Waals surface area contributed by atoms with Gasteiger partial charge in [-0.1, -0.05) is 6.07 Å². The summed E-state index contributed by atoms with van der Waals surface area (Å²) in [5.41, 5.74) is 7.87. The summed E-state index contributed by atoms with van der Waals surface area (Å²) in [4.78, 5) is 6.68. The standard InChI is InChI=1S/C16H20BrN3O/c1-12-7-9-19-16(15(12)17)20(10-4-8-18)13-5-3-6-14(11-13)21-2/h3,5-7,9,11H,4,8,10,18H2,1-2H3. The average Bonchev–Trinajstić information content (AvgIpc) is 2.52. The van der Waals surface area contributed by atoms with E-state index in [0.717, 1.165) is 40.3 Å². The van der Waals surface area contributed by atoms with Crippen LogP contribution in [0.5, 0.6) is 5.75 Å². The first-order valence-electron chi connectivity index (χ1n) is 6.90. The number of hydrogen-bond donors (Lipinski definition) is 1. The zero-order chi connectivity index (χ0) is 15.2. The van der Waals surface area contributed by atoms with E-state index >= 15 is 0 Å². The first kappa shape index (κ1) is 15.8. The van der Waals surface area contributed by atoms with Gasteiger partial charge >= 0.3 is 0 Å². The number of halogens is 1. The molecule has 1 aromatic carbocycles. The van der Waals surface area contributed by atoms with Crippen LogP contribution in [0.25, 0.3) is 0 Å². The highest BCUT2D eigenvalue weighted by Gasteiger charge is 2.15. The minimum atomic E-state index is 0.643. The van der Waals surface area contributed by atoms with Gasteiger partial charge in [-0.15, -0.1) is 0 Å². The Kier molecular flexibility index (Phi) is 5.59. The monoisotopic (exact) mass is 349 g/mol. The number of pyridine rings is 1. The second kappa shape index (κ2) is 7.43. The third kappa shape index (κ3) is 3.74. The fourth-order valence-electron chi connectivity index (χ4n) is 2.10. The summed E-state index contributed by atoms with van der Waals surface area (Å²) < 4.78 is 6.32. The Bertz CT molecular complexity index is 604. The molecule has 0 amide bonds. The smallest absolute Gasteiger partial charge is 0.147 e. The molecule has 2 aromatic rings. The van der Waals surface area contributed by atoms with Crippen molar-refractivity contribution in [3.63, 3.8) is 0 Å². The van der Waals surface area contributed by atoms with Gasteiger partial charge < -0.3 is 15.4 Å². The minimum absolute atomic E-state index is 0.643. The lowest BCUT2D eigenvalue weighted by Gasteiger charge is -2.25. The van der Waals surface area contributed by atoms with E-state index in [1.54, 1.807) is 7.11 Å². The third-order valence-corrected chi connectivity index (χ3v) is 4.25. The van der Waals surface area contributed by atoms with Gasteiger partial charge in [0, 0.05) is 24.5 Å². The number of aromatic nitrogens is 1. The van der Waals surface area contributed by atoms with E-state index in [2.05, 4.69) is 38.8 Å². The van der Waals surface area contributed by atoms with Crippen molar-refractivity contribution in [3.05, 3.63) is 46.6 Å². The molecule has 0 aliphatic heterocycles. The van der Waals surface area contributed by atoms with Crippen molar-refractivity contribution in [1.82, 2.24) is 4.98 Å². The third-order valence-electron chi connectivity index (χ3n) is 3.27. The van der Waals surface area contributed by atoms with Crippen molar-refractivity contribution in [2.75, 3.05) is 25.1 Å².